The van der Waals surface area contributed by atoms with E-state index < -0.39 is 11.9 Å². The molecule has 1 rings (SSSR count). The lowest BCUT2D eigenvalue weighted by molar-refractivity contribution is -0.143. The number of rotatable bonds is 3. The summed E-state index contributed by atoms with van der Waals surface area (Å²) >= 11 is 17.3. The van der Waals surface area contributed by atoms with Crippen LogP contribution < -0.4 is 0 Å². The third kappa shape index (κ3) is 3.22. The first-order valence-electron chi connectivity index (χ1n) is 4.59. The SMILES string of the molecule is CCOC(=O)C(C#N)c1nc(Cl)c(Cl)cc1Cl. The second kappa shape index (κ2) is 6.06. The van der Waals surface area contributed by atoms with E-state index in [0.29, 0.717) is 0 Å². The largest absolute Gasteiger partial charge is 0.465 e. The Labute approximate surface area is 113 Å². The molecule has 1 unspecified atom stereocenters. The van der Waals surface area contributed by atoms with E-state index in [1.807, 2.05) is 0 Å². The van der Waals surface area contributed by atoms with Gasteiger partial charge in [0.15, 0.2) is 5.92 Å². The maximum absolute atomic E-state index is 11.5. The van der Waals surface area contributed by atoms with Crippen LogP contribution in [0.15, 0.2) is 6.07 Å². The molecular weight excluding hydrogens is 286 g/mol. The number of hydrogen-bond donors (Lipinski definition) is 0. The van der Waals surface area contributed by atoms with Crippen LogP contribution in [0.4, 0.5) is 0 Å². The van der Waals surface area contributed by atoms with Gasteiger partial charge in [0, 0.05) is 0 Å². The van der Waals surface area contributed by atoms with E-state index in [2.05, 4.69) is 4.98 Å². The van der Waals surface area contributed by atoms with E-state index in [1.54, 1.807) is 13.0 Å². The summed E-state index contributed by atoms with van der Waals surface area (Å²) in [7, 11) is 0. The highest BCUT2D eigenvalue weighted by Crippen LogP contribution is 2.30. The molecule has 17 heavy (non-hydrogen) atoms. The number of nitriles is 1. The van der Waals surface area contributed by atoms with Crippen molar-refractivity contribution in [2.75, 3.05) is 6.61 Å². The molecule has 0 aromatic carbocycles. The fraction of sp³-hybridized carbons (Fsp3) is 0.300. The van der Waals surface area contributed by atoms with E-state index in [4.69, 9.17) is 44.8 Å². The number of carbonyl (C=O) groups excluding carboxylic acids is 1. The smallest absolute Gasteiger partial charge is 0.329 e. The highest BCUT2D eigenvalue weighted by atomic mass is 35.5. The van der Waals surface area contributed by atoms with Gasteiger partial charge in [-0.25, -0.2) is 4.98 Å². The Kier molecular flexibility index (Phi) is 5.01. The van der Waals surface area contributed by atoms with Gasteiger partial charge < -0.3 is 4.74 Å². The highest BCUT2D eigenvalue weighted by molar-refractivity contribution is 6.42. The summed E-state index contributed by atoms with van der Waals surface area (Å²) in [6, 6.07) is 3.10. The highest BCUT2D eigenvalue weighted by Gasteiger charge is 2.26. The van der Waals surface area contributed by atoms with Crippen molar-refractivity contribution >= 4 is 40.8 Å². The summed E-state index contributed by atoms with van der Waals surface area (Å²) in [6.07, 6.45) is 0. The lowest BCUT2D eigenvalue weighted by Gasteiger charge is -2.10. The fourth-order valence-corrected chi connectivity index (χ4v) is 1.72. The zero-order valence-electron chi connectivity index (χ0n) is 8.71. The molecule has 0 fully saturated rings. The van der Waals surface area contributed by atoms with Crippen LogP contribution in [0.5, 0.6) is 0 Å². The van der Waals surface area contributed by atoms with E-state index in [0.717, 1.165) is 0 Å². The van der Waals surface area contributed by atoms with Gasteiger partial charge in [0.1, 0.15) is 5.15 Å². The molecule has 0 aliphatic heterocycles. The molecule has 90 valence electrons. The molecule has 0 saturated heterocycles. The van der Waals surface area contributed by atoms with Crippen molar-refractivity contribution in [1.82, 2.24) is 4.98 Å². The maximum Gasteiger partial charge on any atom is 0.329 e. The van der Waals surface area contributed by atoms with Crippen molar-refractivity contribution in [2.24, 2.45) is 0 Å². The molecule has 1 atom stereocenters. The quantitative estimate of drug-likeness (QED) is 0.634. The number of pyridine rings is 1. The molecule has 0 amide bonds. The average molecular weight is 294 g/mol. The second-order valence-electron chi connectivity index (χ2n) is 2.94. The van der Waals surface area contributed by atoms with E-state index in [9.17, 15) is 4.79 Å². The summed E-state index contributed by atoms with van der Waals surface area (Å²) in [6.45, 7) is 1.80. The summed E-state index contributed by atoms with van der Waals surface area (Å²) in [5.41, 5.74) is 0.0435. The first-order valence-corrected chi connectivity index (χ1v) is 5.72. The Balaban J connectivity index is 3.18. The third-order valence-electron chi connectivity index (χ3n) is 1.84. The monoisotopic (exact) mass is 292 g/mol. The standard InChI is InChI=1S/C10H7Cl3N2O2/c1-2-17-10(16)5(4-14)8-6(11)3-7(12)9(13)15-8/h3,5H,2H2,1H3. The Hall–Kier alpha value is -1.02. The number of hydrogen-bond acceptors (Lipinski definition) is 4. The molecule has 1 heterocycles. The van der Waals surface area contributed by atoms with Crippen LogP contribution in [0.3, 0.4) is 0 Å². The molecule has 0 saturated carbocycles. The van der Waals surface area contributed by atoms with Gasteiger partial charge in [0.05, 0.1) is 28.4 Å². The number of ether oxygens (including phenoxy) is 1. The summed E-state index contributed by atoms with van der Waals surface area (Å²) in [5, 5.41) is 9.17. The van der Waals surface area contributed by atoms with Crippen LogP contribution >= 0.6 is 34.8 Å². The van der Waals surface area contributed by atoms with Crippen LogP contribution in [-0.4, -0.2) is 17.6 Å². The van der Waals surface area contributed by atoms with Crippen LogP contribution in [0, 0.1) is 11.3 Å². The van der Waals surface area contributed by atoms with E-state index in [-0.39, 0.29) is 27.5 Å². The van der Waals surface area contributed by atoms with Gasteiger partial charge in [-0.05, 0) is 13.0 Å². The minimum Gasteiger partial charge on any atom is -0.465 e. The van der Waals surface area contributed by atoms with Crippen LogP contribution in [0.25, 0.3) is 0 Å². The third-order valence-corrected chi connectivity index (χ3v) is 2.81. The van der Waals surface area contributed by atoms with Gasteiger partial charge in [-0.15, -0.1) is 0 Å². The molecule has 0 radical (unpaired) electrons. The van der Waals surface area contributed by atoms with Crippen molar-refractivity contribution in [3.05, 3.63) is 27.0 Å². The number of carbonyl (C=O) groups is 1. The van der Waals surface area contributed by atoms with Crippen molar-refractivity contribution < 1.29 is 9.53 Å². The molecule has 0 aliphatic carbocycles. The van der Waals surface area contributed by atoms with Gasteiger partial charge in [0.25, 0.3) is 0 Å². The molecule has 1 aromatic heterocycles. The normalized spacial score (nSPS) is 11.7. The lowest BCUT2D eigenvalue weighted by Crippen LogP contribution is -2.16. The molecule has 1 aromatic rings. The first kappa shape index (κ1) is 14.0. The number of halogens is 3. The Bertz CT molecular complexity index is 485. The molecule has 7 heteroatoms. The van der Waals surface area contributed by atoms with E-state index >= 15 is 0 Å². The average Bonchev–Trinajstić information content (AvgIpc) is 2.26. The van der Waals surface area contributed by atoms with E-state index in [1.165, 1.54) is 6.07 Å². The van der Waals surface area contributed by atoms with Crippen molar-refractivity contribution in [1.29, 1.82) is 5.26 Å². The molecular formula is C10H7Cl3N2O2. The Morgan fingerprint density at radius 1 is 1.53 bits per heavy atom. The topological polar surface area (TPSA) is 63.0 Å². The summed E-state index contributed by atoms with van der Waals surface area (Å²) in [5.74, 6) is -1.93. The molecule has 0 spiro atoms. The zero-order valence-corrected chi connectivity index (χ0v) is 11.0. The fourth-order valence-electron chi connectivity index (χ4n) is 1.11. The van der Waals surface area contributed by atoms with Crippen LogP contribution in [-0.2, 0) is 9.53 Å². The van der Waals surface area contributed by atoms with Gasteiger partial charge in [-0.3, -0.25) is 4.79 Å². The first-order chi connectivity index (χ1) is 8.01. The lowest BCUT2D eigenvalue weighted by atomic mass is 10.1. The van der Waals surface area contributed by atoms with Gasteiger partial charge >= 0.3 is 5.97 Å². The number of nitrogens with zero attached hydrogens (tertiary/aromatic N) is 2. The van der Waals surface area contributed by atoms with Crippen molar-refractivity contribution in [3.8, 4) is 6.07 Å². The number of esters is 1. The predicted octanol–water partition coefficient (Wildman–Crippen LogP) is 3.21. The Morgan fingerprint density at radius 3 is 2.71 bits per heavy atom. The molecule has 4 nitrogen and oxygen atoms in total. The molecule has 0 N–H and O–H groups in total. The van der Waals surface area contributed by atoms with Gasteiger partial charge in [-0.2, -0.15) is 5.26 Å². The van der Waals surface area contributed by atoms with Crippen LogP contribution in [0.1, 0.15) is 18.5 Å². The summed E-state index contributed by atoms with van der Waals surface area (Å²) < 4.78 is 4.74. The van der Waals surface area contributed by atoms with Crippen molar-refractivity contribution in [3.63, 3.8) is 0 Å². The molecule has 0 bridgehead atoms. The number of aromatic nitrogens is 1. The van der Waals surface area contributed by atoms with Gasteiger partial charge in [0.2, 0.25) is 0 Å². The van der Waals surface area contributed by atoms with Crippen molar-refractivity contribution in [2.45, 2.75) is 12.8 Å². The Morgan fingerprint density at radius 2 is 2.18 bits per heavy atom. The van der Waals surface area contributed by atoms with Gasteiger partial charge in [-0.1, -0.05) is 34.8 Å². The summed E-state index contributed by atoms with van der Waals surface area (Å²) in [4.78, 5) is 15.3. The minimum absolute atomic E-state index is 0.0179. The minimum atomic E-state index is -1.21. The second-order valence-corrected chi connectivity index (χ2v) is 4.11. The zero-order chi connectivity index (χ0) is 13.0. The predicted molar refractivity (Wildman–Crippen MR) is 64.3 cm³/mol. The molecule has 0 aliphatic rings. The maximum atomic E-state index is 11.5. The van der Waals surface area contributed by atoms with Crippen LogP contribution in [0.2, 0.25) is 15.2 Å².